The van der Waals surface area contributed by atoms with E-state index in [2.05, 4.69) is 25.5 Å². The number of amides is 3. The largest absolute Gasteiger partial charge is 0.491 e. The van der Waals surface area contributed by atoms with Gasteiger partial charge in [-0.25, -0.2) is 23.5 Å². The molecule has 4 heterocycles. The molecule has 11 nitrogen and oxygen atoms in total. The van der Waals surface area contributed by atoms with Crippen LogP contribution in [-0.4, -0.2) is 83.0 Å². The number of hydrogen-bond acceptors (Lipinski definition) is 8. The minimum atomic E-state index is -3.07. The highest BCUT2D eigenvalue weighted by atomic mass is 19.3. The van der Waals surface area contributed by atoms with Crippen LogP contribution in [0.2, 0.25) is 0 Å². The number of ether oxygens (including phenoxy) is 1. The summed E-state index contributed by atoms with van der Waals surface area (Å²) in [4.78, 5) is 37.9. The maximum absolute atomic E-state index is 13.4. The zero-order chi connectivity index (χ0) is 25.9. The van der Waals surface area contributed by atoms with Gasteiger partial charge in [0.05, 0.1) is 24.9 Å². The van der Waals surface area contributed by atoms with Crippen molar-refractivity contribution in [1.82, 2.24) is 15.3 Å². The number of hydrogen-bond donors (Lipinski definition) is 4. The van der Waals surface area contributed by atoms with Crippen LogP contribution in [0.4, 0.5) is 30.9 Å². The number of carbonyl (C=O) groups excluding carboxylic acids is 2. The summed E-state index contributed by atoms with van der Waals surface area (Å²) in [5, 5.41) is 23.3. The van der Waals surface area contributed by atoms with Crippen molar-refractivity contribution in [3.05, 3.63) is 36.2 Å². The SMILES string of the molecule is CC(F)(F)CNC(=O)c1ccc2c(n1)N(C(=O)Nc1cc(OC[C@H](O)CO)ccn1)[C@H]1CCCN2C1. The number of aliphatic hydroxyl groups excluding tert-OH is 2. The summed E-state index contributed by atoms with van der Waals surface area (Å²) < 4.78 is 31.8. The van der Waals surface area contributed by atoms with Crippen molar-refractivity contribution in [3.8, 4) is 5.75 Å². The van der Waals surface area contributed by atoms with E-state index in [9.17, 15) is 23.5 Å². The van der Waals surface area contributed by atoms with Crippen molar-refractivity contribution in [2.45, 2.75) is 37.8 Å². The first-order valence-electron chi connectivity index (χ1n) is 11.5. The number of aromatic nitrogens is 2. The van der Waals surface area contributed by atoms with Crippen molar-refractivity contribution in [2.75, 3.05) is 48.0 Å². The molecule has 2 aromatic heterocycles. The van der Waals surface area contributed by atoms with Gasteiger partial charge in [0.15, 0.2) is 5.82 Å². The van der Waals surface area contributed by atoms with Crippen LogP contribution in [0, 0.1) is 0 Å². The molecule has 2 aromatic rings. The standard InChI is InChI=1S/C23H28F2N6O5/c1-23(24,25)13-27-21(34)17-4-5-18-20(28-17)31(14-3-2-8-30(18)10-14)22(35)29-19-9-16(6-7-26-19)36-12-15(33)11-32/h4-7,9,14-15,32-33H,2-3,8,10-13H2,1H3,(H,27,34)(H,26,29,35)/t14-,15+/m0/s1. The molecule has 4 rings (SSSR count). The van der Waals surface area contributed by atoms with Crippen LogP contribution < -0.4 is 25.2 Å². The molecule has 2 atom stereocenters. The molecule has 194 valence electrons. The van der Waals surface area contributed by atoms with Crippen LogP contribution in [0.25, 0.3) is 0 Å². The number of nitrogens with zero attached hydrogens (tertiary/aromatic N) is 4. The van der Waals surface area contributed by atoms with Crippen LogP contribution in [0.15, 0.2) is 30.5 Å². The quantitative estimate of drug-likeness (QED) is 0.424. The molecule has 0 aromatic carbocycles. The van der Waals surface area contributed by atoms with Crippen LogP contribution in [0.3, 0.4) is 0 Å². The zero-order valence-corrected chi connectivity index (χ0v) is 19.7. The average molecular weight is 507 g/mol. The molecule has 0 saturated carbocycles. The fourth-order valence-corrected chi connectivity index (χ4v) is 4.12. The first kappa shape index (κ1) is 25.5. The molecule has 0 unspecified atom stereocenters. The minimum absolute atomic E-state index is 0.0760. The second-order valence-corrected chi connectivity index (χ2v) is 8.86. The lowest BCUT2D eigenvalue weighted by Gasteiger charge is -2.45. The molecule has 1 saturated heterocycles. The minimum Gasteiger partial charge on any atom is -0.491 e. The van der Waals surface area contributed by atoms with Gasteiger partial charge in [0, 0.05) is 32.3 Å². The predicted molar refractivity (Wildman–Crippen MR) is 127 cm³/mol. The van der Waals surface area contributed by atoms with Crippen LogP contribution in [0.1, 0.15) is 30.3 Å². The molecule has 2 aliphatic rings. The van der Waals surface area contributed by atoms with E-state index >= 15 is 0 Å². The summed E-state index contributed by atoms with van der Waals surface area (Å²) in [6.45, 7) is 0.652. The highest BCUT2D eigenvalue weighted by Gasteiger charge is 2.39. The lowest BCUT2D eigenvalue weighted by atomic mass is 10.00. The number of alkyl halides is 2. The lowest BCUT2D eigenvalue weighted by molar-refractivity contribution is 0.0220. The molecule has 0 spiro atoms. The Balaban J connectivity index is 1.56. The van der Waals surface area contributed by atoms with Gasteiger partial charge in [-0.1, -0.05) is 0 Å². The molecule has 2 aliphatic heterocycles. The summed E-state index contributed by atoms with van der Waals surface area (Å²) in [5.74, 6) is -3.05. The van der Waals surface area contributed by atoms with Gasteiger partial charge in [-0.2, -0.15) is 0 Å². The summed E-state index contributed by atoms with van der Waals surface area (Å²) >= 11 is 0. The highest BCUT2D eigenvalue weighted by Crippen LogP contribution is 2.38. The summed E-state index contributed by atoms with van der Waals surface area (Å²) in [5.41, 5.74) is 0.592. The Morgan fingerprint density at radius 3 is 2.89 bits per heavy atom. The highest BCUT2D eigenvalue weighted by molar-refractivity contribution is 6.04. The molecule has 1 fully saturated rings. The first-order chi connectivity index (χ1) is 17.1. The summed E-state index contributed by atoms with van der Waals surface area (Å²) in [6, 6.07) is 5.41. The molecule has 0 radical (unpaired) electrons. The topological polar surface area (TPSA) is 140 Å². The van der Waals surface area contributed by atoms with Crippen molar-refractivity contribution in [2.24, 2.45) is 0 Å². The fraction of sp³-hybridized carbons (Fsp3) is 0.478. The maximum Gasteiger partial charge on any atom is 0.329 e. The summed E-state index contributed by atoms with van der Waals surface area (Å²) in [6.07, 6.45) is 1.96. The number of carbonyl (C=O) groups is 2. The van der Waals surface area contributed by atoms with E-state index in [-0.39, 0.29) is 30.0 Å². The van der Waals surface area contributed by atoms with E-state index in [1.165, 1.54) is 23.2 Å². The first-order valence-corrected chi connectivity index (χ1v) is 11.5. The van der Waals surface area contributed by atoms with Gasteiger partial charge in [-0.15, -0.1) is 0 Å². The molecule has 4 N–H and O–H groups in total. The summed E-state index contributed by atoms with van der Waals surface area (Å²) in [7, 11) is 0. The average Bonchev–Trinajstić information content (AvgIpc) is 2.85. The van der Waals surface area contributed by atoms with E-state index in [0.717, 1.165) is 19.4 Å². The molecule has 2 bridgehead atoms. The smallest absolute Gasteiger partial charge is 0.329 e. The third-order valence-electron chi connectivity index (χ3n) is 5.82. The van der Waals surface area contributed by atoms with Crippen molar-refractivity contribution in [1.29, 1.82) is 0 Å². The Labute approximate surface area is 206 Å². The normalized spacial score (nSPS) is 17.8. The van der Waals surface area contributed by atoms with E-state index in [4.69, 9.17) is 9.84 Å². The third-order valence-corrected chi connectivity index (χ3v) is 5.82. The van der Waals surface area contributed by atoms with Crippen molar-refractivity contribution in [3.63, 3.8) is 0 Å². The van der Waals surface area contributed by atoms with E-state index < -0.39 is 37.1 Å². The molecule has 13 heteroatoms. The third kappa shape index (κ3) is 5.97. The Kier molecular flexibility index (Phi) is 7.50. The number of piperidine rings is 1. The van der Waals surface area contributed by atoms with Gasteiger partial charge < -0.3 is 25.2 Å². The number of pyridine rings is 2. The van der Waals surface area contributed by atoms with Crippen molar-refractivity contribution >= 4 is 29.3 Å². The van der Waals surface area contributed by atoms with E-state index in [1.807, 2.05) is 0 Å². The maximum atomic E-state index is 13.4. The number of rotatable bonds is 8. The van der Waals surface area contributed by atoms with Gasteiger partial charge in [0.2, 0.25) is 0 Å². The van der Waals surface area contributed by atoms with Crippen LogP contribution >= 0.6 is 0 Å². The van der Waals surface area contributed by atoms with Crippen LogP contribution in [0.5, 0.6) is 5.75 Å². The van der Waals surface area contributed by atoms with Gasteiger partial charge in [0.1, 0.15) is 30.0 Å². The number of nitrogens with one attached hydrogen (secondary N) is 2. The fourth-order valence-electron chi connectivity index (χ4n) is 4.12. The second kappa shape index (κ2) is 10.6. The molecular formula is C23H28F2N6O5. The molecule has 0 aliphatic carbocycles. The number of halogens is 2. The van der Waals surface area contributed by atoms with Gasteiger partial charge in [0.25, 0.3) is 11.8 Å². The number of aliphatic hydroxyl groups is 2. The predicted octanol–water partition coefficient (Wildman–Crippen LogP) is 1.61. The Hall–Kier alpha value is -3.58. The van der Waals surface area contributed by atoms with Crippen LogP contribution in [-0.2, 0) is 0 Å². The molecule has 3 amide bonds. The van der Waals surface area contributed by atoms with Crippen molar-refractivity contribution < 1.29 is 33.3 Å². The number of fused-ring (bicyclic) bond motifs is 4. The Bertz CT molecular complexity index is 1110. The Morgan fingerprint density at radius 1 is 1.33 bits per heavy atom. The van der Waals surface area contributed by atoms with Gasteiger partial charge >= 0.3 is 6.03 Å². The second-order valence-electron chi connectivity index (χ2n) is 8.86. The lowest BCUT2D eigenvalue weighted by Crippen LogP contribution is -2.56. The molecule has 36 heavy (non-hydrogen) atoms. The number of urea groups is 1. The van der Waals surface area contributed by atoms with E-state index in [1.54, 1.807) is 12.1 Å². The zero-order valence-electron chi connectivity index (χ0n) is 19.7. The number of anilines is 3. The monoisotopic (exact) mass is 506 g/mol. The Morgan fingerprint density at radius 2 is 2.14 bits per heavy atom. The van der Waals surface area contributed by atoms with E-state index in [0.29, 0.717) is 24.9 Å². The molecular weight excluding hydrogens is 478 g/mol. The van der Waals surface area contributed by atoms with Gasteiger partial charge in [-0.05, 0) is 31.0 Å². The van der Waals surface area contributed by atoms with Gasteiger partial charge in [-0.3, -0.25) is 15.0 Å².